The number of nitrogens with zero attached hydrogens (tertiary/aromatic N) is 1. The maximum Gasteiger partial charge on any atom is 0.250 e. The van der Waals surface area contributed by atoms with Crippen LogP contribution in [0.2, 0.25) is 0 Å². The molecule has 16 heavy (non-hydrogen) atoms. The third-order valence-electron chi connectivity index (χ3n) is 2.29. The van der Waals surface area contributed by atoms with E-state index in [1.165, 1.54) is 12.0 Å². The van der Waals surface area contributed by atoms with Gasteiger partial charge < -0.3 is 5.32 Å². The van der Waals surface area contributed by atoms with E-state index in [1.807, 2.05) is 30.3 Å². The molecule has 1 saturated heterocycles. The molecule has 0 aromatic heterocycles. The van der Waals surface area contributed by atoms with Crippen LogP contribution < -0.4 is 5.32 Å². The molecule has 1 atom stereocenters. The van der Waals surface area contributed by atoms with E-state index in [4.69, 9.17) is 4.84 Å². The van der Waals surface area contributed by atoms with E-state index in [-0.39, 0.29) is 18.4 Å². The summed E-state index contributed by atoms with van der Waals surface area (Å²) in [6.45, 7) is 1.27. The smallest absolute Gasteiger partial charge is 0.250 e. The van der Waals surface area contributed by atoms with Gasteiger partial charge in [0.05, 0.1) is 0 Å². The Kier molecular flexibility index (Phi) is 2.87. The van der Waals surface area contributed by atoms with Crippen LogP contribution in [0.3, 0.4) is 0 Å². The fourth-order valence-corrected chi connectivity index (χ4v) is 1.58. The van der Waals surface area contributed by atoms with Gasteiger partial charge in [0.2, 0.25) is 5.91 Å². The van der Waals surface area contributed by atoms with Gasteiger partial charge >= 0.3 is 0 Å². The minimum absolute atomic E-state index is 0.122. The number of hydrogen-bond acceptors (Lipinski definition) is 3. The van der Waals surface area contributed by atoms with Gasteiger partial charge in [-0.1, -0.05) is 30.3 Å². The van der Waals surface area contributed by atoms with Gasteiger partial charge in [0, 0.05) is 6.92 Å². The van der Waals surface area contributed by atoms with Gasteiger partial charge in [0.25, 0.3) is 5.91 Å². The Bertz CT molecular complexity index is 405. The highest BCUT2D eigenvalue weighted by molar-refractivity contribution is 5.80. The van der Waals surface area contributed by atoms with Crippen molar-refractivity contribution in [2.45, 2.75) is 13.1 Å². The highest BCUT2D eigenvalue weighted by Crippen LogP contribution is 2.20. The van der Waals surface area contributed by atoms with Crippen LogP contribution in [0.25, 0.3) is 0 Å². The number of benzene rings is 1. The first kappa shape index (κ1) is 10.6. The van der Waals surface area contributed by atoms with Crippen LogP contribution in [0.1, 0.15) is 18.7 Å². The summed E-state index contributed by atoms with van der Waals surface area (Å²) in [6, 6.07) is 9.21. The van der Waals surface area contributed by atoms with Gasteiger partial charge in [-0.15, -0.1) is 0 Å². The standard InChI is InChI=1S/C11H12N2O3/c1-8(14)13-11(12-10(15)7-16-13)9-5-3-2-4-6-9/h2-6,11H,7H2,1H3,(H,12,15)/t11-/m1/s1. The second kappa shape index (κ2) is 4.32. The van der Waals surface area contributed by atoms with Crippen molar-refractivity contribution in [3.8, 4) is 0 Å². The molecule has 5 nitrogen and oxygen atoms in total. The molecule has 5 heteroatoms. The SMILES string of the molecule is CC(=O)N1OCC(=O)N[C@H]1c1ccccc1. The summed E-state index contributed by atoms with van der Waals surface area (Å²) in [5, 5.41) is 3.88. The highest BCUT2D eigenvalue weighted by atomic mass is 16.7. The predicted molar refractivity (Wildman–Crippen MR) is 55.8 cm³/mol. The molecule has 0 bridgehead atoms. The van der Waals surface area contributed by atoms with Crippen molar-refractivity contribution >= 4 is 11.8 Å². The summed E-state index contributed by atoms with van der Waals surface area (Å²) in [6.07, 6.45) is -0.542. The van der Waals surface area contributed by atoms with Crippen LogP contribution in [-0.4, -0.2) is 23.5 Å². The zero-order valence-electron chi connectivity index (χ0n) is 8.84. The molecular weight excluding hydrogens is 208 g/mol. The van der Waals surface area contributed by atoms with Crippen molar-refractivity contribution < 1.29 is 14.4 Å². The fraction of sp³-hybridized carbons (Fsp3) is 0.273. The van der Waals surface area contributed by atoms with Gasteiger partial charge in [-0.2, -0.15) is 5.06 Å². The molecule has 1 aliphatic heterocycles. The van der Waals surface area contributed by atoms with Crippen molar-refractivity contribution in [1.82, 2.24) is 10.4 Å². The Morgan fingerprint density at radius 3 is 2.75 bits per heavy atom. The van der Waals surface area contributed by atoms with E-state index < -0.39 is 6.17 Å². The third kappa shape index (κ3) is 2.04. The van der Waals surface area contributed by atoms with Crippen molar-refractivity contribution in [2.24, 2.45) is 0 Å². The quantitative estimate of drug-likeness (QED) is 0.753. The third-order valence-corrected chi connectivity index (χ3v) is 2.29. The molecule has 1 aromatic rings. The molecular formula is C11H12N2O3. The number of hydrogen-bond donors (Lipinski definition) is 1. The monoisotopic (exact) mass is 220 g/mol. The molecule has 84 valence electrons. The average Bonchev–Trinajstić information content (AvgIpc) is 2.29. The molecule has 1 N–H and O–H groups in total. The van der Waals surface area contributed by atoms with Crippen LogP contribution in [0.15, 0.2) is 30.3 Å². The molecule has 1 aromatic carbocycles. The van der Waals surface area contributed by atoms with E-state index in [1.54, 1.807) is 0 Å². The summed E-state index contributed by atoms with van der Waals surface area (Å²) >= 11 is 0. The Hall–Kier alpha value is -1.88. The van der Waals surface area contributed by atoms with Gasteiger partial charge in [-0.25, -0.2) is 0 Å². The summed E-state index contributed by atoms with van der Waals surface area (Å²) in [5.74, 6) is -0.472. The van der Waals surface area contributed by atoms with E-state index in [9.17, 15) is 9.59 Å². The van der Waals surface area contributed by atoms with Gasteiger partial charge in [0.1, 0.15) is 0 Å². The normalized spacial score (nSPS) is 20.4. The summed E-state index contributed by atoms with van der Waals surface area (Å²) < 4.78 is 0. The van der Waals surface area contributed by atoms with Crippen molar-refractivity contribution in [3.05, 3.63) is 35.9 Å². The molecule has 0 aliphatic carbocycles. The molecule has 0 spiro atoms. The van der Waals surface area contributed by atoms with Crippen molar-refractivity contribution in [2.75, 3.05) is 6.61 Å². The lowest BCUT2D eigenvalue weighted by molar-refractivity contribution is -0.217. The molecule has 2 amide bonds. The topological polar surface area (TPSA) is 58.6 Å². The van der Waals surface area contributed by atoms with Crippen LogP contribution in [-0.2, 0) is 14.4 Å². The summed E-state index contributed by atoms with van der Waals surface area (Å²) in [7, 11) is 0. The first-order chi connectivity index (χ1) is 7.68. The maximum atomic E-state index is 11.3. The first-order valence-corrected chi connectivity index (χ1v) is 4.95. The van der Waals surface area contributed by atoms with Crippen LogP contribution in [0.4, 0.5) is 0 Å². The molecule has 1 aliphatic rings. The van der Waals surface area contributed by atoms with Gasteiger partial charge in [0.15, 0.2) is 12.8 Å². The maximum absolute atomic E-state index is 11.3. The largest absolute Gasteiger partial charge is 0.328 e. The molecule has 0 saturated carbocycles. The molecule has 1 heterocycles. The second-order valence-electron chi connectivity index (χ2n) is 3.50. The lowest BCUT2D eigenvalue weighted by Crippen LogP contribution is -2.50. The number of carbonyl (C=O) groups is 2. The zero-order valence-corrected chi connectivity index (χ0v) is 8.84. The van der Waals surface area contributed by atoms with Crippen LogP contribution in [0.5, 0.6) is 0 Å². The van der Waals surface area contributed by atoms with E-state index in [0.717, 1.165) is 5.56 Å². The second-order valence-corrected chi connectivity index (χ2v) is 3.50. The molecule has 0 unspecified atom stereocenters. The van der Waals surface area contributed by atoms with Crippen LogP contribution >= 0.6 is 0 Å². The fourth-order valence-electron chi connectivity index (χ4n) is 1.58. The van der Waals surface area contributed by atoms with Gasteiger partial charge in [-0.05, 0) is 5.56 Å². The first-order valence-electron chi connectivity index (χ1n) is 4.95. The Morgan fingerprint density at radius 2 is 2.12 bits per heavy atom. The molecule has 0 radical (unpaired) electrons. The Balaban J connectivity index is 2.27. The minimum Gasteiger partial charge on any atom is -0.328 e. The molecule has 1 fully saturated rings. The lowest BCUT2D eigenvalue weighted by Gasteiger charge is -2.34. The summed E-state index contributed by atoms with van der Waals surface area (Å²) in [5.41, 5.74) is 0.811. The number of rotatable bonds is 1. The average molecular weight is 220 g/mol. The van der Waals surface area contributed by atoms with Crippen molar-refractivity contribution in [1.29, 1.82) is 0 Å². The van der Waals surface area contributed by atoms with E-state index in [2.05, 4.69) is 5.32 Å². The Morgan fingerprint density at radius 1 is 1.44 bits per heavy atom. The van der Waals surface area contributed by atoms with Gasteiger partial charge in [-0.3, -0.25) is 14.4 Å². The molecule has 2 rings (SSSR count). The van der Waals surface area contributed by atoms with Crippen LogP contribution in [0, 0.1) is 0 Å². The van der Waals surface area contributed by atoms with E-state index >= 15 is 0 Å². The summed E-state index contributed by atoms with van der Waals surface area (Å²) in [4.78, 5) is 27.7. The number of hydroxylamine groups is 2. The van der Waals surface area contributed by atoms with Crippen molar-refractivity contribution in [3.63, 3.8) is 0 Å². The number of amides is 2. The van der Waals surface area contributed by atoms with E-state index in [0.29, 0.717) is 0 Å². The number of carbonyl (C=O) groups excluding carboxylic acids is 2. The minimum atomic E-state index is -0.542. The highest BCUT2D eigenvalue weighted by Gasteiger charge is 2.30. The lowest BCUT2D eigenvalue weighted by atomic mass is 10.1. The Labute approximate surface area is 93.0 Å². The predicted octanol–water partition coefficient (Wildman–Crippen LogP) is 0.595. The number of nitrogens with one attached hydrogen (secondary N) is 1. The zero-order chi connectivity index (χ0) is 11.5.